The third kappa shape index (κ3) is 59.4. The van der Waals surface area contributed by atoms with Crippen LogP contribution in [0.1, 0.15) is 367 Å². The van der Waals surface area contributed by atoms with Crippen LogP contribution in [0.5, 0.6) is 0 Å². The molecule has 6 heteroatoms. The number of hydrogen-bond acceptors (Lipinski definition) is 5. The highest BCUT2D eigenvalue weighted by Gasteiger charge is 2.18. The minimum Gasteiger partial charge on any atom is -0.466 e. The molecule has 2 atom stereocenters. The molecule has 0 aromatic heterocycles. The summed E-state index contributed by atoms with van der Waals surface area (Å²) in [5, 5.41) is 23.2. The molecule has 0 spiro atoms. The van der Waals surface area contributed by atoms with E-state index in [1.54, 1.807) is 6.08 Å². The van der Waals surface area contributed by atoms with Gasteiger partial charge in [-0.2, -0.15) is 0 Å². The van der Waals surface area contributed by atoms with Gasteiger partial charge in [-0.1, -0.05) is 321 Å². The lowest BCUT2D eigenvalue weighted by atomic mass is 10.0. The smallest absolute Gasteiger partial charge is 0.305 e. The average Bonchev–Trinajstić information content (AvgIpc) is 3.39. The molecule has 3 N–H and O–H groups in total. The highest BCUT2D eigenvalue weighted by Crippen LogP contribution is 2.18. The number of ether oxygens (including phenoxy) is 1. The van der Waals surface area contributed by atoms with Crippen molar-refractivity contribution in [2.24, 2.45) is 0 Å². The third-order valence-electron chi connectivity index (χ3n) is 15.5. The van der Waals surface area contributed by atoms with E-state index in [2.05, 4.69) is 31.3 Å². The number of hydrogen-bond donors (Lipinski definition) is 3. The molecule has 6 nitrogen and oxygen atoms in total. The summed E-state index contributed by atoms with van der Waals surface area (Å²) in [5.74, 6) is -0.0553. The van der Waals surface area contributed by atoms with Crippen molar-refractivity contribution in [2.45, 2.75) is 379 Å². The van der Waals surface area contributed by atoms with E-state index in [-0.39, 0.29) is 18.5 Å². The van der Waals surface area contributed by atoms with Crippen LogP contribution < -0.4 is 5.32 Å². The number of carbonyl (C=O) groups is 2. The van der Waals surface area contributed by atoms with Crippen molar-refractivity contribution in [1.29, 1.82) is 0 Å². The number of allylic oxidation sites excluding steroid dienone is 3. The third-order valence-corrected chi connectivity index (χ3v) is 15.5. The van der Waals surface area contributed by atoms with E-state index >= 15 is 0 Å². The first-order chi connectivity index (χ1) is 36.0. The van der Waals surface area contributed by atoms with Crippen LogP contribution in [0.4, 0.5) is 0 Å². The zero-order chi connectivity index (χ0) is 52.9. The van der Waals surface area contributed by atoms with E-state index in [1.165, 1.54) is 295 Å². The fourth-order valence-electron chi connectivity index (χ4n) is 10.4. The zero-order valence-electron chi connectivity index (χ0n) is 49.4. The molecular formula is C67H129NO5. The van der Waals surface area contributed by atoms with Crippen LogP contribution in [-0.2, 0) is 14.3 Å². The largest absolute Gasteiger partial charge is 0.466 e. The molecule has 0 rings (SSSR count). The number of carbonyl (C=O) groups excluding carboxylic acids is 2. The molecule has 0 aromatic carbocycles. The van der Waals surface area contributed by atoms with E-state index in [0.717, 1.165) is 44.9 Å². The van der Waals surface area contributed by atoms with Crippen LogP contribution in [0, 0.1) is 0 Å². The summed E-state index contributed by atoms with van der Waals surface area (Å²) in [6.07, 6.45) is 78.1. The van der Waals surface area contributed by atoms with E-state index < -0.39 is 12.1 Å². The van der Waals surface area contributed by atoms with Gasteiger partial charge in [0.05, 0.1) is 25.4 Å². The maximum atomic E-state index is 12.5. The lowest BCUT2D eigenvalue weighted by Crippen LogP contribution is -2.45. The predicted molar refractivity (Wildman–Crippen MR) is 320 cm³/mol. The molecule has 0 bridgehead atoms. The Morgan fingerprint density at radius 1 is 0.370 bits per heavy atom. The van der Waals surface area contributed by atoms with Crippen LogP contribution in [0.2, 0.25) is 0 Å². The second-order valence-corrected chi connectivity index (χ2v) is 22.8. The summed E-state index contributed by atoms with van der Waals surface area (Å²) >= 11 is 0. The average molecular weight is 1030 g/mol. The van der Waals surface area contributed by atoms with Gasteiger partial charge in [0.2, 0.25) is 5.91 Å². The number of rotatable bonds is 62. The first-order valence-corrected chi connectivity index (χ1v) is 33.1. The number of amides is 1. The molecule has 0 heterocycles. The molecule has 0 fully saturated rings. The Morgan fingerprint density at radius 3 is 0.973 bits per heavy atom. The molecule has 0 aliphatic heterocycles. The molecule has 73 heavy (non-hydrogen) atoms. The standard InChI is InChI=1S/C67H129NO5/c1-3-5-7-9-11-13-15-17-19-32-35-39-43-47-51-55-59-65(70)64(63-69)68-66(71)60-56-52-48-44-40-36-33-29-27-25-23-21-20-22-24-26-28-30-34-38-42-46-50-54-58-62-73-67(72)61-57-53-49-45-41-37-31-18-16-14-12-10-8-6-4-2/h18,31,55,59,64-65,69-70H,3-17,19-30,32-54,56-58,60-63H2,1-2H3,(H,68,71)/b31-18-,59-55+. The SMILES string of the molecule is CCCCCCCC/C=C\CCCCCCCC(=O)OCCCCCCCCCCCCCCCCCCCCCCCCCCCC(=O)NC(CO)C(O)/C=C/CCCCCCCCCCCCCCCC. The number of esters is 1. The Labute approximate surface area is 456 Å². The van der Waals surface area contributed by atoms with Crippen LogP contribution >= 0.6 is 0 Å². The van der Waals surface area contributed by atoms with Gasteiger partial charge in [-0.15, -0.1) is 0 Å². The Bertz CT molecular complexity index is 1140. The van der Waals surface area contributed by atoms with E-state index in [4.69, 9.17) is 4.74 Å². The summed E-state index contributed by atoms with van der Waals surface area (Å²) < 4.78 is 5.49. The highest BCUT2D eigenvalue weighted by molar-refractivity contribution is 5.76. The monoisotopic (exact) mass is 1030 g/mol. The number of aliphatic hydroxyl groups is 2. The Hall–Kier alpha value is -1.66. The molecule has 0 aliphatic rings. The van der Waals surface area contributed by atoms with Crippen molar-refractivity contribution < 1.29 is 24.5 Å². The van der Waals surface area contributed by atoms with Crippen molar-refractivity contribution in [2.75, 3.05) is 13.2 Å². The van der Waals surface area contributed by atoms with Gasteiger partial charge in [-0.05, 0) is 57.8 Å². The van der Waals surface area contributed by atoms with Crippen LogP contribution in [0.15, 0.2) is 24.3 Å². The highest BCUT2D eigenvalue weighted by atomic mass is 16.5. The normalized spacial score (nSPS) is 12.7. The topological polar surface area (TPSA) is 95.9 Å². The quantitative estimate of drug-likeness (QED) is 0.0320. The van der Waals surface area contributed by atoms with Gasteiger partial charge in [0.15, 0.2) is 0 Å². The van der Waals surface area contributed by atoms with Gasteiger partial charge in [0, 0.05) is 12.8 Å². The van der Waals surface area contributed by atoms with Gasteiger partial charge >= 0.3 is 5.97 Å². The molecule has 1 amide bonds. The maximum Gasteiger partial charge on any atom is 0.305 e. The lowest BCUT2D eigenvalue weighted by molar-refractivity contribution is -0.143. The van der Waals surface area contributed by atoms with Gasteiger partial charge in [0.25, 0.3) is 0 Å². The van der Waals surface area contributed by atoms with E-state index in [1.807, 2.05) is 6.08 Å². The Balaban J connectivity index is 3.37. The zero-order valence-corrected chi connectivity index (χ0v) is 49.4. The fourth-order valence-corrected chi connectivity index (χ4v) is 10.4. The second-order valence-electron chi connectivity index (χ2n) is 22.8. The number of unbranched alkanes of at least 4 members (excludes halogenated alkanes) is 49. The second kappa shape index (κ2) is 62.9. The summed E-state index contributed by atoms with van der Waals surface area (Å²) in [7, 11) is 0. The minimum atomic E-state index is -0.843. The lowest BCUT2D eigenvalue weighted by Gasteiger charge is -2.20. The maximum absolute atomic E-state index is 12.5. The van der Waals surface area contributed by atoms with Gasteiger partial charge < -0.3 is 20.3 Å². The van der Waals surface area contributed by atoms with Crippen molar-refractivity contribution >= 4 is 11.9 Å². The molecular weight excluding hydrogens is 899 g/mol. The van der Waals surface area contributed by atoms with Crippen molar-refractivity contribution in [3.8, 4) is 0 Å². The van der Waals surface area contributed by atoms with Crippen molar-refractivity contribution in [3.05, 3.63) is 24.3 Å². The number of aliphatic hydroxyl groups excluding tert-OH is 2. The number of nitrogens with one attached hydrogen (secondary N) is 1. The first-order valence-electron chi connectivity index (χ1n) is 33.1. The van der Waals surface area contributed by atoms with Gasteiger partial charge in [0.1, 0.15) is 0 Å². The van der Waals surface area contributed by atoms with Gasteiger partial charge in [-0.25, -0.2) is 0 Å². The Morgan fingerprint density at radius 2 is 0.644 bits per heavy atom. The Kier molecular flexibility index (Phi) is 61.4. The molecule has 0 saturated carbocycles. The van der Waals surface area contributed by atoms with E-state index in [9.17, 15) is 19.8 Å². The fraction of sp³-hybridized carbons (Fsp3) is 0.910. The molecule has 432 valence electrons. The minimum absolute atomic E-state index is 0.00852. The van der Waals surface area contributed by atoms with Crippen molar-refractivity contribution in [1.82, 2.24) is 5.32 Å². The molecule has 2 unspecified atom stereocenters. The molecule has 0 radical (unpaired) electrons. The summed E-state index contributed by atoms with van der Waals surface area (Å²) in [5.41, 5.74) is 0. The summed E-state index contributed by atoms with van der Waals surface area (Å²) in [6.45, 7) is 4.92. The molecule has 0 aromatic rings. The van der Waals surface area contributed by atoms with Crippen LogP contribution in [-0.4, -0.2) is 47.4 Å². The summed E-state index contributed by atoms with van der Waals surface area (Å²) in [6, 6.07) is -0.626. The van der Waals surface area contributed by atoms with E-state index in [0.29, 0.717) is 19.4 Å². The summed E-state index contributed by atoms with van der Waals surface area (Å²) in [4.78, 5) is 24.5. The van der Waals surface area contributed by atoms with Gasteiger partial charge in [-0.3, -0.25) is 9.59 Å². The first kappa shape index (κ1) is 71.3. The molecule has 0 saturated heterocycles. The van der Waals surface area contributed by atoms with Crippen molar-refractivity contribution in [3.63, 3.8) is 0 Å². The molecule has 0 aliphatic carbocycles. The predicted octanol–water partition coefficient (Wildman–Crippen LogP) is 21.0. The van der Waals surface area contributed by atoms with Crippen LogP contribution in [0.3, 0.4) is 0 Å². The van der Waals surface area contributed by atoms with Crippen LogP contribution in [0.25, 0.3) is 0 Å².